The van der Waals surface area contributed by atoms with Crippen molar-refractivity contribution in [2.75, 3.05) is 7.11 Å². The lowest BCUT2D eigenvalue weighted by Gasteiger charge is -2.08. The number of carbonyl (C=O) groups is 1. The molecule has 2 aromatic carbocycles. The average Bonchev–Trinajstić information content (AvgIpc) is 2.49. The highest BCUT2D eigenvalue weighted by molar-refractivity contribution is 9.10. The van der Waals surface area contributed by atoms with Crippen molar-refractivity contribution in [2.45, 2.75) is 13.2 Å². The fourth-order valence-corrected chi connectivity index (χ4v) is 2.14. The molecular weight excluding hydrogens is 336 g/mol. The van der Waals surface area contributed by atoms with E-state index < -0.39 is 5.97 Å². The third kappa shape index (κ3) is 4.31. The van der Waals surface area contributed by atoms with Crippen molar-refractivity contribution in [1.29, 1.82) is 0 Å². The smallest absolute Gasteiger partial charge is 0.339 e. The monoisotopic (exact) mass is 350 g/mol. The van der Waals surface area contributed by atoms with E-state index in [0.29, 0.717) is 19.0 Å². The topological polar surface area (TPSA) is 55.8 Å². The number of halogens is 1. The van der Waals surface area contributed by atoms with Crippen LogP contribution < -0.4 is 4.74 Å². The van der Waals surface area contributed by atoms with E-state index in [4.69, 9.17) is 14.6 Å². The van der Waals surface area contributed by atoms with E-state index in [2.05, 4.69) is 15.9 Å². The first kappa shape index (κ1) is 15.5. The summed E-state index contributed by atoms with van der Waals surface area (Å²) in [6.45, 7) is 0.821. The van der Waals surface area contributed by atoms with Gasteiger partial charge in [0, 0.05) is 4.47 Å². The summed E-state index contributed by atoms with van der Waals surface area (Å²) in [7, 11) is 1.45. The molecule has 5 heteroatoms. The Kier molecular flexibility index (Phi) is 5.36. The summed E-state index contributed by atoms with van der Waals surface area (Å²) in [5.74, 6) is -0.666. The van der Waals surface area contributed by atoms with E-state index in [0.717, 1.165) is 15.6 Å². The second-order valence-corrected chi connectivity index (χ2v) is 5.37. The normalized spacial score (nSPS) is 10.4. The largest absolute Gasteiger partial charge is 0.496 e. The summed E-state index contributed by atoms with van der Waals surface area (Å²) < 4.78 is 11.6. The quantitative estimate of drug-likeness (QED) is 0.858. The van der Waals surface area contributed by atoms with Crippen molar-refractivity contribution in [3.63, 3.8) is 0 Å². The molecule has 0 aliphatic carbocycles. The van der Waals surface area contributed by atoms with Gasteiger partial charge in [0.15, 0.2) is 0 Å². The fraction of sp³-hybridized carbons (Fsp3) is 0.188. The minimum absolute atomic E-state index is 0.141. The van der Waals surface area contributed by atoms with Gasteiger partial charge in [-0.15, -0.1) is 0 Å². The van der Waals surface area contributed by atoms with Crippen LogP contribution in [0.5, 0.6) is 5.75 Å². The first-order valence-corrected chi connectivity index (χ1v) is 7.12. The number of hydrogen-bond donors (Lipinski definition) is 1. The van der Waals surface area contributed by atoms with Gasteiger partial charge >= 0.3 is 5.97 Å². The molecule has 2 rings (SSSR count). The Morgan fingerprint density at radius 3 is 2.33 bits per heavy atom. The van der Waals surface area contributed by atoms with Gasteiger partial charge in [0.2, 0.25) is 0 Å². The van der Waals surface area contributed by atoms with Crippen molar-refractivity contribution in [2.24, 2.45) is 0 Å². The molecule has 21 heavy (non-hydrogen) atoms. The van der Waals surface area contributed by atoms with Crippen LogP contribution in [-0.2, 0) is 18.0 Å². The highest BCUT2D eigenvalue weighted by Gasteiger charge is 2.11. The van der Waals surface area contributed by atoms with Crippen LogP contribution in [0.4, 0.5) is 0 Å². The Balaban J connectivity index is 1.98. The summed E-state index contributed by atoms with van der Waals surface area (Å²) in [5.41, 5.74) is 2.00. The molecule has 0 heterocycles. The van der Waals surface area contributed by atoms with Gasteiger partial charge < -0.3 is 14.6 Å². The van der Waals surface area contributed by atoms with Crippen LogP contribution in [0.25, 0.3) is 0 Å². The van der Waals surface area contributed by atoms with Crippen LogP contribution in [0.15, 0.2) is 46.9 Å². The highest BCUT2D eigenvalue weighted by Crippen LogP contribution is 2.20. The van der Waals surface area contributed by atoms with E-state index in [-0.39, 0.29) is 5.56 Å². The van der Waals surface area contributed by atoms with E-state index >= 15 is 0 Å². The number of hydrogen-bond acceptors (Lipinski definition) is 3. The molecule has 0 radical (unpaired) electrons. The molecule has 0 aliphatic heterocycles. The molecule has 0 unspecified atom stereocenters. The molecule has 0 saturated heterocycles. The lowest BCUT2D eigenvalue weighted by molar-refractivity contribution is 0.0692. The second-order valence-electron chi connectivity index (χ2n) is 4.46. The molecule has 0 bridgehead atoms. The number of aromatic carboxylic acids is 1. The first-order valence-electron chi connectivity index (χ1n) is 6.32. The van der Waals surface area contributed by atoms with E-state index in [1.54, 1.807) is 18.2 Å². The molecule has 4 nitrogen and oxygen atoms in total. The van der Waals surface area contributed by atoms with E-state index in [9.17, 15) is 4.79 Å². The Morgan fingerprint density at radius 2 is 1.71 bits per heavy atom. The second kappa shape index (κ2) is 7.24. The van der Waals surface area contributed by atoms with Crippen LogP contribution in [0.1, 0.15) is 21.5 Å². The van der Waals surface area contributed by atoms with Gasteiger partial charge in [0.1, 0.15) is 11.3 Å². The van der Waals surface area contributed by atoms with Crippen LogP contribution in [0.2, 0.25) is 0 Å². The summed E-state index contributed by atoms with van der Waals surface area (Å²) in [5, 5.41) is 9.13. The predicted molar refractivity (Wildman–Crippen MR) is 82.6 cm³/mol. The summed E-state index contributed by atoms with van der Waals surface area (Å²) in [4.78, 5) is 11.1. The third-order valence-corrected chi connectivity index (χ3v) is 3.47. The van der Waals surface area contributed by atoms with E-state index in [1.807, 2.05) is 24.3 Å². The van der Waals surface area contributed by atoms with Crippen LogP contribution in [0.3, 0.4) is 0 Å². The molecule has 0 amide bonds. The number of rotatable bonds is 6. The van der Waals surface area contributed by atoms with Crippen molar-refractivity contribution < 1.29 is 19.4 Å². The number of ether oxygens (including phenoxy) is 2. The Labute approximate surface area is 131 Å². The third-order valence-electron chi connectivity index (χ3n) is 2.95. The fourth-order valence-electron chi connectivity index (χ4n) is 1.88. The molecule has 110 valence electrons. The summed E-state index contributed by atoms with van der Waals surface area (Å²) >= 11 is 3.38. The maximum absolute atomic E-state index is 11.1. The molecule has 0 saturated carbocycles. The molecule has 2 aromatic rings. The van der Waals surface area contributed by atoms with Crippen molar-refractivity contribution in [1.82, 2.24) is 0 Å². The lowest BCUT2D eigenvalue weighted by atomic mass is 10.1. The zero-order chi connectivity index (χ0) is 15.2. The number of methoxy groups -OCH3 is 1. The number of carboxylic acids is 1. The van der Waals surface area contributed by atoms with Gasteiger partial charge in [-0.05, 0) is 35.4 Å². The molecular formula is C16H15BrO4. The minimum atomic E-state index is -1.01. The van der Waals surface area contributed by atoms with Gasteiger partial charge in [0.25, 0.3) is 0 Å². The zero-order valence-corrected chi connectivity index (χ0v) is 13.1. The summed E-state index contributed by atoms with van der Waals surface area (Å²) in [6.07, 6.45) is 0. The van der Waals surface area contributed by atoms with Crippen molar-refractivity contribution in [3.05, 3.63) is 63.6 Å². The van der Waals surface area contributed by atoms with E-state index in [1.165, 1.54) is 7.11 Å². The zero-order valence-electron chi connectivity index (χ0n) is 11.5. The molecule has 1 N–H and O–H groups in total. The summed E-state index contributed by atoms with van der Waals surface area (Å²) in [6, 6.07) is 12.9. The van der Waals surface area contributed by atoms with Gasteiger partial charge in [-0.3, -0.25) is 0 Å². The van der Waals surface area contributed by atoms with Gasteiger partial charge in [-0.2, -0.15) is 0 Å². The van der Waals surface area contributed by atoms with Crippen molar-refractivity contribution in [3.8, 4) is 5.75 Å². The van der Waals surface area contributed by atoms with Gasteiger partial charge in [-0.1, -0.05) is 34.1 Å². The van der Waals surface area contributed by atoms with Gasteiger partial charge in [0.05, 0.1) is 20.3 Å². The number of benzene rings is 2. The SMILES string of the molecule is COc1ccc(COCc2ccc(Br)cc2)cc1C(=O)O. The maximum Gasteiger partial charge on any atom is 0.339 e. The highest BCUT2D eigenvalue weighted by atomic mass is 79.9. The molecule has 0 spiro atoms. The predicted octanol–water partition coefficient (Wildman–Crippen LogP) is 3.87. The standard InChI is InChI=1S/C16H15BrO4/c1-20-15-7-4-12(8-14(15)16(18)19)10-21-9-11-2-5-13(17)6-3-11/h2-8H,9-10H2,1H3,(H,18,19). The lowest BCUT2D eigenvalue weighted by Crippen LogP contribution is -2.02. The minimum Gasteiger partial charge on any atom is -0.496 e. The Morgan fingerprint density at radius 1 is 1.10 bits per heavy atom. The molecule has 0 aromatic heterocycles. The Bertz CT molecular complexity index is 623. The van der Waals surface area contributed by atoms with Crippen LogP contribution in [0, 0.1) is 0 Å². The average molecular weight is 351 g/mol. The molecule has 0 aliphatic rings. The Hall–Kier alpha value is -1.85. The van der Waals surface area contributed by atoms with Gasteiger partial charge in [-0.25, -0.2) is 4.79 Å². The van der Waals surface area contributed by atoms with Crippen LogP contribution >= 0.6 is 15.9 Å². The first-order chi connectivity index (χ1) is 10.1. The number of carboxylic acid groups (broad SMARTS) is 1. The van der Waals surface area contributed by atoms with Crippen molar-refractivity contribution >= 4 is 21.9 Å². The maximum atomic E-state index is 11.1. The van der Waals surface area contributed by atoms with Crippen LogP contribution in [-0.4, -0.2) is 18.2 Å². The molecule has 0 fully saturated rings. The molecule has 0 atom stereocenters.